The number of rotatable bonds is 11. The second-order valence-electron chi connectivity index (χ2n) is 31.6. The van der Waals surface area contributed by atoms with Crippen LogP contribution in [-0.2, 0) is 67.9 Å². The number of halogens is 4. The number of likely N-dealkylation sites (N-methyl/N-ethyl adjacent to an activating group) is 4. The zero-order valence-electron chi connectivity index (χ0n) is 65.9. The first kappa shape index (κ1) is 82.9. The Morgan fingerprint density at radius 3 is 1.30 bits per heavy atom. The normalized spacial score (nSPS) is 20.0. The van der Waals surface area contributed by atoms with E-state index >= 15 is 0 Å². The first-order valence-corrected chi connectivity index (χ1v) is 43.0. The SMILES string of the molecule is CN1CCc2cc(Cl)c(O)cc2C(c2ccc(NS(C)(=O)=O)cc2)C1.CN1CCc2cc(Cl)c(O)cc2[C@H]2c3cccc(C(=O)NCCc4ccccn4)c3CC[C@@H]21.CN1CCc2cc(Cl)c(O)cc2[C@H]2c3cccc(C(=O)NCc4ccncc4)c3CC[C@@H]21.CNC(=O)c1cccc2c1CC[C@H]1[C@H]2c2cc(O)c(Cl)cc2CCN1C. The van der Waals surface area contributed by atoms with Gasteiger partial charge in [-0.15, -0.1) is 0 Å². The fourth-order valence-corrected chi connectivity index (χ4v) is 19.9. The summed E-state index contributed by atoms with van der Waals surface area (Å²) in [6.07, 6.45) is 16.1. The molecule has 8 N–H and O–H groups in total. The topological polar surface area (TPSA) is 253 Å². The minimum Gasteiger partial charge on any atom is -0.506 e. The molecule has 4 aliphatic heterocycles. The summed E-state index contributed by atoms with van der Waals surface area (Å²) in [5.41, 5.74) is 21.8. The number of hydrogen-bond donors (Lipinski definition) is 8. The Bertz CT molecular complexity index is 5440. The van der Waals surface area contributed by atoms with Gasteiger partial charge in [-0.25, -0.2) is 8.42 Å². The van der Waals surface area contributed by atoms with Crippen LogP contribution in [0.1, 0.15) is 169 Å². The van der Waals surface area contributed by atoms with Crippen molar-refractivity contribution in [2.75, 3.05) is 85.5 Å². The Kier molecular flexibility index (Phi) is 25.8. The number of phenols is 4. The molecule has 0 fully saturated rings. The first-order chi connectivity index (χ1) is 55.8. The van der Waals surface area contributed by atoms with Crippen LogP contribution in [0.4, 0.5) is 5.69 Å². The molecule has 0 saturated heterocycles. The summed E-state index contributed by atoms with van der Waals surface area (Å²) in [6.45, 7) is 5.58. The predicted octanol–water partition coefficient (Wildman–Crippen LogP) is 15.0. The monoisotopic (exact) mass is 1660 g/mol. The third-order valence-electron chi connectivity index (χ3n) is 24.4. The number of nitrogens with one attached hydrogen (secondary N) is 4. The van der Waals surface area contributed by atoms with Gasteiger partial charge in [0.25, 0.3) is 17.7 Å². The summed E-state index contributed by atoms with van der Waals surface area (Å²) in [5.74, 6) is 0.724. The fraction of sp³-hybridized carbons (Fsp3) is 0.337. The molecule has 116 heavy (non-hydrogen) atoms. The third kappa shape index (κ3) is 18.2. The van der Waals surface area contributed by atoms with Crippen LogP contribution in [0, 0.1) is 0 Å². The van der Waals surface area contributed by atoms with Crippen molar-refractivity contribution in [2.45, 2.75) is 119 Å². The van der Waals surface area contributed by atoms with Crippen LogP contribution >= 0.6 is 46.4 Å². The molecule has 7 aliphatic rings. The molecular weight excluding hydrogens is 1560 g/mol. The smallest absolute Gasteiger partial charge is 0.251 e. The number of amides is 3. The molecule has 19 nitrogen and oxygen atoms in total. The van der Waals surface area contributed by atoms with E-state index in [9.17, 15) is 43.2 Å². The lowest BCUT2D eigenvalue weighted by Gasteiger charge is -2.38. The highest BCUT2D eigenvalue weighted by Crippen LogP contribution is 2.50. The molecular formula is C92H98Cl4N10O9S. The van der Waals surface area contributed by atoms with Crippen LogP contribution in [0.5, 0.6) is 23.0 Å². The van der Waals surface area contributed by atoms with Crippen molar-refractivity contribution in [1.29, 1.82) is 0 Å². The molecule has 6 heterocycles. The molecule has 3 aliphatic carbocycles. The number of benzene rings is 8. The lowest BCUT2D eigenvalue weighted by molar-refractivity contribution is 0.0942. The van der Waals surface area contributed by atoms with Crippen molar-refractivity contribution in [2.24, 2.45) is 0 Å². The first-order valence-electron chi connectivity index (χ1n) is 39.6. The number of nitrogens with zero attached hydrogens (tertiary/aromatic N) is 6. The number of aromatic nitrogens is 2. The van der Waals surface area contributed by atoms with E-state index in [4.69, 9.17) is 46.4 Å². The molecule has 1 unspecified atom stereocenters. The number of fused-ring (bicyclic) bond motifs is 16. The molecule has 0 saturated carbocycles. The van der Waals surface area contributed by atoms with Crippen LogP contribution in [0.15, 0.2) is 176 Å². The van der Waals surface area contributed by atoms with Crippen molar-refractivity contribution >= 4 is 79.8 Å². The zero-order chi connectivity index (χ0) is 81.8. The standard InChI is InChI=1S/C27H28ClN3O2.C26H26ClN3O2.C21H23ClN2O2.C18H21ClN2O3S/c1-31-14-11-17-15-23(28)25(32)16-22(17)26-20-6-4-7-21(19(20)8-9-24(26)31)27(33)30-13-10-18-5-2-3-12-29-18;1-30-12-9-17-13-22(27)24(31)14-21(17)25-19-3-2-4-20(18(19)5-6-23(25)30)26(32)29-15-16-7-10-28-11-8-16;1-23-21(26)15-5-3-4-14-13(15)6-7-18-20(14)16-11-19(25)17(22)10-12(16)8-9-24(18)2;1-21-8-7-13-9-17(19)18(22)10-15(13)16(11-21)12-3-5-14(6-4-12)20-25(2,23)24/h2-7,12,15-16,24,26,32H,8-11,13-14H2,1H3,(H,30,33);2-4,7-8,10-11,13-14,23,25,31H,5-6,9,12,15H2,1H3,(H,29,32);3-5,10-11,18,20,25H,6-9H2,1-2H3,(H,23,26);3-6,9-10,16,20,22H,7-8,11H2,1-2H3/t24-,26+;23-,25+;18-,20+;/m000./s1. The van der Waals surface area contributed by atoms with Crippen LogP contribution in [0.2, 0.25) is 20.1 Å². The van der Waals surface area contributed by atoms with E-state index in [0.717, 1.165) is 181 Å². The predicted molar refractivity (Wildman–Crippen MR) is 460 cm³/mol. The van der Waals surface area contributed by atoms with Gasteiger partial charge < -0.3 is 56.0 Å². The maximum atomic E-state index is 13.1. The van der Waals surface area contributed by atoms with Crippen molar-refractivity contribution in [1.82, 2.24) is 45.5 Å². The fourth-order valence-electron chi connectivity index (χ4n) is 18.6. The zero-order valence-corrected chi connectivity index (χ0v) is 69.8. The minimum atomic E-state index is -3.29. The van der Waals surface area contributed by atoms with Gasteiger partial charge in [-0.2, -0.15) is 0 Å². The molecule has 2 aromatic heterocycles. The van der Waals surface area contributed by atoms with Crippen molar-refractivity contribution in [3.8, 4) is 23.0 Å². The maximum absolute atomic E-state index is 13.1. The second kappa shape index (κ2) is 36.1. The van der Waals surface area contributed by atoms with Gasteiger partial charge in [0.1, 0.15) is 23.0 Å². The lowest BCUT2D eigenvalue weighted by Crippen LogP contribution is -2.40. The van der Waals surface area contributed by atoms with E-state index in [-0.39, 0.29) is 64.4 Å². The Morgan fingerprint density at radius 1 is 0.466 bits per heavy atom. The van der Waals surface area contributed by atoms with Crippen molar-refractivity contribution < 1.29 is 43.2 Å². The molecule has 17 rings (SSSR count). The lowest BCUT2D eigenvalue weighted by atomic mass is 9.73. The highest BCUT2D eigenvalue weighted by Gasteiger charge is 2.42. The highest BCUT2D eigenvalue weighted by atomic mass is 35.5. The number of aromatic hydroxyl groups is 4. The van der Waals surface area contributed by atoms with Crippen LogP contribution < -0.4 is 20.7 Å². The molecule has 3 amide bonds. The second-order valence-corrected chi connectivity index (χ2v) is 35.0. The number of pyridine rings is 2. The number of hydrogen-bond acceptors (Lipinski definition) is 15. The van der Waals surface area contributed by atoms with E-state index in [2.05, 4.69) is 96.6 Å². The molecule has 0 spiro atoms. The van der Waals surface area contributed by atoms with Gasteiger partial charge in [0.05, 0.1) is 26.3 Å². The van der Waals surface area contributed by atoms with E-state index in [0.29, 0.717) is 63.4 Å². The number of anilines is 1. The third-order valence-corrected chi connectivity index (χ3v) is 26.2. The number of sulfonamides is 1. The molecule has 604 valence electrons. The van der Waals surface area contributed by atoms with Crippen molar-refractivity contribution in [3.63, 3.8) is 0 Å². The summed E-state index contributed by atoms with van der Waals surface area (Å²) in [4.78, 5) is 56.5. The summed E-state index contributed by atoms with van der Waals surface area (Å²) in [7, 11) is 6.95. The van der Waals surface area contributed by atoms with Gasteiger partial charge >= 0.3 is 0 Å². The number of phenolic OH excluding ortho intramolecular Hbond substituents is 4. The Labute approximate surface area is 699 Å². The van der Waals surface area contributed by atoms with Gasteiger partial charge in [-0.05, 0) is 285 Å². The largest absolute Gasteiger partial charge is 0.506 e. The van der Waals surface area contributed by atoms with Gasteiger partial charge in [-0.1, -0.05) is 101 Å². The minimum absolute atomic E-state index is 0.0395. The van der Waals surface area contributed by atoms with E-state index in [1.54, 1.807) is 43.8 Å². The summed E-state index contributed by atoms with van der Waals surface area (Å²) >= 11 is 24.8. The van der Waals surface area contributed by atoms with Gasteiger partial charge in [-0.3, -0.25) is 29.1 Å². The molecule has 8 aromatic carbocycles. The van der Waals surface area contributed by atoms with E-state index < -0.39 is 10.0 Å². The van der Waals surface area contributed by atoms with Crippen LogP contribution in [-0.4, -0.2) is 175 Å². The van der Waals surface area contributed by atoms with Gasteiger partial charge in [0.2, 0.25) is 10.0 Å². The summed E-state index contributed by atoms with van der Waals surface area (Å²) < 4.78 is 25.2. The average Bonchev–Trinajstić information content (AvgIpc) is 1.42. The molecule has 10 aromatic rings. The molecule has 24 heteroatoms. The quantitative estimate of drug-likeness (QED) is 0.0599. The van der Waals surface area contributed by atoms with E-state index in [1.165, 1.54) is 33.4 Å². The highest BCUT2D eigenvalue weighted by molar-refractivity contribution is 7.92. The van der Waals surface area contributed by atoms with Gasteiger partial charge in [0, 0.05) is 148 Å². The Hall–Kier alpha value is -9.58. The summed E-state index contributed by atoms with van der Waals surface area (Å²) in [6, 6.07) is 50.9. The van der Waals surface area contributed by atoms with E-state index in [1.807, 2.05) is 121 Å². The average molecular weight is 1660 g/mol. The maximum Gasteiger partial charge on any atom is 0.251 e. The molecule has 7 atom stereocenters. The molecule has 0 radical (unpaired) electrons. The Balaban J connectivity index is 0.000000128. The van der Waals surface area contributed by atoms with Crippen LogP contribution in [0.25, 0.3) is 0 Å². The Morgan fingerprint density at radius 2 is 0.879 bits per heavy atom. The van der Waals surface area contributed by atoms with Crippen LogP contribution in [0.3, 0.4) is 0 Å². The van der Waals surface area contributed by atoms with Crippen molar-refractivity contribution in [3.05, 3.63) is 308 Å². The van der Waals surface area contributed by atoms with Gasteiger partial charge in [0.15, 0.2) is 0 Å². The molecule has 0 bridgehead atoms. The summed E-state index contributed by atoms with van der Waals surface area (Å²) in [5, 5.41) is 51.5. The number of carbonyl (C=O) groups excluding carboxylic acids is 3. The number of carbonyl (C=O) groups is 3.